The van der Waals surface area contributed by atoms with Gasteiger partial charge in [-0.05, 0) is 48.0 Å². The van der Waals surface area contributed by atoms with Gasteiger partial charge < -0.3 is 19.5 Å². The summed E-state index contributed by atoms with van der Waals surface area (Å²) in [5.41, 5.74) is 5.24. The molecule has 30 heavy (non-hydrogen) atoms. The summed E-state index contributed by atoms with van der Waals surface area (Å²) >= 11 is 0. The van der Waals surface area contributed by atoms with Gasteiger partial charge in [-0.2, -0.15) is 5.10 Å². The second-order valence-electron chi connectivity index (χ2n) is 6.18. The highest BCUT2D eigenvalue weighted by atomic mass is 16.5. The zero-order valence-electron chi connectivity index (χ0n) is 16.8. The second-order valence-corrected chi connectivity index (χ2v) is 6.18. The van der Waals surface area contributed by atoms with Gasteiger partial charge in [0.2, 0.25) is 0 Å². The molecular formula is C23H23N3O4. The van der Waals surface area contributed by atoms with Crippen molar-refractivity contribution in [3.8, 4) is 17.2 Å². The van der Waals surface area contributed by atoms with E-state index in [1.165, 1.54) is 0 Å². The lowest BCUT2D eigenvalue weighted by molar-refractivity contribution is -0.118. The molecule has 0 aliphatic carbocycles. The maximum atomic E-state index is 12.2. The van der Waals surface area contributed by atoms with Crippen LogP contribution in [0.15, 0.2) is 77.9 Å². The molecule has 0 saturated carbocycles. The molecular weight excluding hydrogens is 382 g/mol. The third-order valence-corrected chi connectivity index (χ3v) is 4.11. The molecule has 0 aliphatic rings. The summed E-state index contributed by atoms with van der Waals surface area (Å²) in [6, 6.07) is 22.2. The number of para-hydroxylation sites is 3. The normalized spacial score (nSPS) is 10.5. The predicted octanol–water partition coefficient (Wildman–Crippen LogP) is 4.17. The van der Waals surface area contributed by atoms with E-state index >= 15 is 0 Å². The number of nitrogens with zero attached hydrogens (tertiary/aromatic N) is 1. The topological polar surface area (TPSA) is 81.2 Å². The number of ether oxygens (including phenoxy) is 3. The van der Waals surface area contributed by atoms with Crippen LogP contribution in [0.4, 0.5) is 11.4 Å². The Bertz CT molecular complexity index is 1010. The first-order valence-electron chi connectivity index (χ1n) is 9.27. The summed E-state index contributed by atoms with van der Waals surface area (Å²) in [6.45, 7) is -0.169. The van der Waals surface area contributed by atoms with Gasteiger partial charge in [0.1, 0.15) is 5.75 Å². The summed E-state index contributed by atoms with van der Waals surface area (Å²) in [4.78, 5) is 12.2. The maximum absolute atomic E-state index is 12.2. The molecule has 154 valence electrons. The fraction of sp³-hybridized carbons (Fsp3) is 0.130. The molecule has 7 heteroatoms. The Morgan fingerprint density at radius 2 is 1.63 bits per heavy atom. The number of nitrogens with one attached hydrogen (secondary N) is 2. The molecule has 1 amide bonds. The number of rotatable bonds is 9. The number of hydrogen-bond donors (Lipinski definition) is 2. The Labute approximate surface area is 175 Å². The van der Waals surface area contributed by atoms with Gasteiger partial charge in [-0.3, -0.25) is 10.2 Å². The van der Waals surface area contributed by atoms with E-state index in [2.05, 4.69) is 15.8 Å². The molecule has 0 aliphatic heterocycles. The van der Waals surface area contributed by atoms with Crippen LogP contribution < -0.4 is 25.0 Å². The second kappa shape index (κ2) is 10.5. The van der Waals surface area contributed by atoms with Crippen molar-refractivity contribution in [1.82, 2.24) is 0 Å². The lowest BCUT2D eigenvalue weighted by Crippen LogP contribution is -2.20. The molecule has 3 rings (SSSR count). The lowest BCUT2D eigenvalue weighted by Gasteiger charge is -2.12. The molecule has 0 spiro atoms. The third kappa shape index (κ3) is 5.75. The molecule has 0 radical (unpaired) electrons. The smallest absolute Gasteiger partial charge is 0.262 e. The Balaban J connectivity index is 1.58. The number of anilines is 2. The summed E-state index contributed by atoms with van der Waals surface area (Å²) in [5.74, 6) is 1.24. The van der Waals surface area contributed by atoms with Crippen LogP contribution in [0.1, 0.15) is 5.56 Å². The zero-order chi connectivity index (χ0) is 21.2. The van der Waals surface area contributed by atoms with Crippen molar-refractivity contribution in [2.45, 2.75) is 0 Å². The standard InChI is InChI=1S/C23H23N3O4/c1-28-20-11-7-6-10-19(20)25-23(27)16-30-21-13-12-17(14-22(21)29-2)15-24-26-18-8-4-3-5-9-18/h3-15,26H,16H2,1-2H3,(H,25,27)/b24-15+. The fourth-order valence-corrected chi connectivity index (χ4v) is 2.66. The number of methoxy groups -OCH3 is 2. The number of carbonyl (C=O) groups excluding carboxylic acids is 1. The Hall–Kier alpha value is -4.00. The first-order chi connectivity index (χ1) is 14.7. The van der Waals surface area contributed by atoms with E-state index in [1.807, 2.05) is 48.5 Å². The Morgan fingerprint density at radius 3 is 2.40 bits per heavy atom. The van der Waals surface area contributed by atoms with Crippen molar-refractivity contribution in [2.75, 3.05) is 31.6 Å². The van der Waals surface area contributed by atoms with Crippen LogP contribution in [0.3, 0.4) is 0 Å². The van der Waals surface area contributed by atoms with Crippen molar-refractivity contribution < 1.29 is 19.0 Å². The van der Waals surface area contributed by atoms with Crippen molar-refractivity contribution in [1.29, 1.82) is 0 Å². The van der Waals surface area contributed by atoms with Gasteiger partial charge in [0.05, 0.1) is 31.8 Å². The lowest BCUT2D eigenvalue weighted by atomic mass is 10.2. The van der Waals surface area contributed by atoms with Crippen molar-refractivity contribution in [3.63, 3.8) is 0 Å². The number of amides is 1. The van der Waals surface area contributed by atoms with Crippen molar-refractivity contribution in [3.05, 3.63) is 78.4 Å². The number of hydrazone groups is 1. The molecule has 0 aromatic heterocycles. The van der Waals surface area contributed by atoms with Gasteiger partial charge in [0, 0.05) is 0 Å². The van der Waals surface area contributed by atoms with Crippen molar-refractivity contribution >= 4 is 23.5 Å². The SMILES string of the molecule is COc1ccccc1NC(=O)COc1ccc(/C=N/Nc2ccccc2)cc1OC. The first kappa shape index (κ1) is 20.7. The summed E-state index contributed by atoms with van der Waals surface area (Å²) in [6.07, 6.45) is 1.67. The first-order valence-corrected chi connectivity index (χ1v) is 9.27. The van der Waals surface area contributed by atoms with Gasteiger partial charge in [-0.1, -0.05) is 30.3 Å². The largest absolute Gasteiger partial charge is 0.495 e. The summed E-state index contributed by atoms with van der Waals surface area (Å²) in [5, 5.41) is 6.97. The van der Waals surface area contributed by atoms with Gasteiger partial charge in [-0.15, -0.1) is 0 Å². The number of hydrogen-bond acceptors (Lipinski definition) is 6. The summed E-state index contributed by atoms with van der Waals surface area (Å²) in [7, 11) is 3.09. The van der Waals surface area contributed by atoms with Crippen LogP contribution in [0.5, 0.6) is 17.2 Å². The number of carbonyl (C=O) groups is 1. The maximum Gasteiger partial charge on any atom is 0.262 e. The van der Waals surface area contributed by atoms with Crippen molar-refractivity contribution in [2.24, 2.45) is 5.10 Å². The average molecular weight is 405 g/mol. The molecule has 0 heterocycles. The molecule has 3 aromatic rings. The quantitative estimate of drug-likeness (QED) is 0.413. The molecule has 2 N–H and O–H groups in total. The van der Waals surface area contributed by atoms with Gasteiger partial charge in [-0.25, -0.2) is 0 Å². The molecule has 0 saturated heterocycles. The third-order valence-electron chi connectivity index (χ3n) is 4.11. The van der Waals surface area contributed by atoms with Crippen LogP contribution >= 0.6 is 0 Å². The average Bonchev–Trinajstić information content (AvgIpc) is 2.79. The Morgan fingerprint density at radius 1 is 0.900 bits per heavy atom. The van der Waals surface area contributed by atoms with E-state index in [9.17, 15) is 4.79 Å². The van der Waals surface area contributed by atoms with Crippen LogP contribution in [0.2, 0.25) is 0 Å². The predicted molar refractivity (Wildman–Crippen MR) is 118 cm³/mol. The minimum absolute atomic E-state index is 0.169. The van der Waals surface area contributed by atoms with Crippen LogP contribution in [-0.2, 0) is 4.79 Å². The molecule has 7 nitrogen and oxygen atoms in total. The highest BCUT2D eigenvalue weighted by molar-refractivity contribution is 5.93. The molecule has 0 unspecified atom stereocenters. The molecule has 0 fully saturated rings. The van der Waals surface area contributed by atoms with Gasteiger partial charge >= 0.3 is 0 Å². The van der Waals surface area contributed by atoms with E-state index in [0.29, 0.717) is 22.9 Å². The molecule has 0 bridgehead atoms. The van der Waals surface area contributed by atoms with E-state index < -0.39 is 0 Å². The monoisotopic (exact) mass is 405 g/mol. The molecule has 0 atom stereocenters. The highest BCUT2D eigenvalue weighted by Gasteiger charge is 2.10. The van der Waals surface area contributed by atoms with Gasteiger partial charge in [0.25, 0.3) is 5.91 Å². The summed E-state index contributed by atoms with van der Waals surface area (Å²) < 4.78 is 16.2. The minimum Gasteiger partial charge on any atom is -0.495 e. The van der Waals surface area contributed by atoms with Crippen LogP contribution in [-0.4, -0.2) is 32.9 Å². The van der Waals surface area contributed by atoms with Crippen LogP contribution in [0, 0.1) is 0 Å². The van der Waals surface area contributed by atoms with Gasteiger partial charge in [0.15, 0.2) is 18.1 Å². The Kier molecular flexibility index (Phi) is 7.27. The van der Waals surface area contributed by atoms with E-state index in [1.54, 1.807) is 44.7 Å². The van der Waals surface area contributed by atoms with E-state index in [4.69, 9.17) is 14.2 Å². The highest BCUT2D eigenvalue weighted by Crippen LogP contribution is 2.28. The van der Waals surface area contributed by atoms with E-state index in [0.717, 1.165) is 11.3 Å². The van der Waals surface area contributed by atoms with E-state index in [-0.39, 0.29) is 12.5 Å². The molecule has 3 aromatic carbocycles. The van der Waals surface area contributed by atoms with Crippen LogP contribution in [0.25, 0.3) is 0 Å². The fourth-order valence-electron chi connectivity index (χ4n) is 2.66. The zero-order valence-corrected chi connectivity index (χ0v) is 16.8. The minimum atomic E-state index is -0.306. The number of benzene rings is 3.